The molecule has 3 nitrogen and oxygen atoms in total. The zero-order chi connectivity index (χ0) is 11.1. The lowest BCUT2D eigenvalue weighted by molar-refractivity contribution is -0.141. The molecule has 0 aliphatic heterocycles. The van der Waals surface area contributed by atoms with E-state index in [9.17, 15) is 18.0 Å². The molecular weight excluding hydrogens is 229 g/mol. The molecule has 0 saturated heterocycles. The van der Waals surface area contributed by atoms with E-state index in [0.717, 1.165) is 18.4 Å². The van der Waals surface area contributed by atoms with E-state index in [4.69, 9.17) is 0 Å². The number of alkyl halides is 3. The van der Waals surface area contributed by atoms with Crippen molar-refractivity contribution in [3.8, 4) is 0 Å². The Morgan fingerprint density at radius 1 is 1.53 bits per heavy atom. The predicted octanol–water partition coefficient (Wildman–Crippen LogP) is 2.05. The monoisotopic (exact) mass is 236 g/mol. The number of hydrogen-bond acceptors (Lipinski definition) is 3. The average Bonchev–Trinajstić information content (AvgIpc) is 2.80. The van der Waals surface area contributed by atoms with Crippen LogP contribution >= 0.6 is 11.3 Å². The normalized spacial score (nSPS) is 16.5. The van der Waals surface area contributed by atoms with E-state index in [-0.39, 0.29) is 10.9 Å². The first-order valence-corrected chi connectivity index (χ1v) is 5.18. The minimum atomic E-state index is -4.56. The van der Waals surface area contributed by atoms with Gasteiger partial charge in [0.05, 0.1) is 5.51 Å². The molecule has 0 bridgehead atoms. The molecule has 0 atom stereocenters. The summed E-state index contributed by atoms with van der Waals surface area (Å²) in [6, 6.07) is 0.0423. The molecule has 2 rings (SSSR count). The van der Waals surface area contributed by atoms with Gasteiger partial charge in [0, 0.05) is 6.04 Å². The van der Waals surface area contributed by atoms with Crippen LogP contribution in [-0.4, -0.2) is 16.9 Å². The Morgan fingerprint density at radius 2 is 2.20 bits per heavy atom. The third-order valence-corrected chi connectivity index (χ3v) is 2.78. The molecule has 0 radical (unpaired) electrons. The van der Waals surface area contributed by atoms with Gasteiger partial charge in [0.2, 0.25) is 0 Å². The lowest BCUT2D eigenvalue weighted by atomic mass is 10.3. The van der Waals surface area contributed by atoms with Crippen LogP contribution in [-0.2, 0) is 6.18 Å². The van der Waals surface area contributed by atoms with Gasteiger partial charge in [-0.3, -0.25) is 4.79 Å². The van der Waals surface area contributed by atoms with Gasteiger partial charge in [-0.25, -0.2) is 4.98 Å². The van der Waals surface area contributed by atoms with E-state index < -0.39 is 17.8 Å². The highest BCUT2D eigenvalue weighted by Gasteiger charge is 2.39. The maximum atomic E-state index is 12.4. The smallest absolute Gasteiger partial charge is 0.349 e. The van der Waals surface area contributed by atoms with Crippen molar-refractivity contribution in [3.05, 3.63) is 16.1 Å². The number of thiazole rings is 1. The van der Waals surface area contributed by atoms with Crippen LogP contribution < -0.4 is 5.32 Å². The molecule has 1 aliphatic carbocycles. The molecule has 82 valence electrons. The van der Waals surface area contributed by atoms with Crippen molar-refractivity contribution in [1.82, 2.24) is 10.3 Å². The third-order valence-electron chi connectivity index (χ3n) is 1.95. The molecule has 15 heavy (non-hydrogen) atoms. The first-order chi connectivity index (χ1) is 6.98. The zero-order valence-electron chi connectivity index (χ0n) is 7.47. The van der Waals surface area contributed by atoms with Crippen LogP contribution in [0.2, 0.25) is 0 Å². The summed E-state index contributed by atoms with van der Waals surface area (Å²) in [5, 5.41) is 2.50. The van der Waals surface area contributed by atoms with Gasteiger partial charge < -0.3 is 5.32 Å². The number of amides is 1. The Bertz CT molecular complexity index is 383. The van der Waals surface area contributed by atoms with E-state index in [0.29, 0.717) is 11.3 Å². The van der Waals surface area contributed by atoms with Crippen LogP contribution in [0.1, 0.15) is 28.2 Å². The molecule has 1 N–H and O–H groups in total. The van der Waals surface area contributed by atoms with Crippen molar-refractivity contribution in [1.29, 1.82) is 0 Å². The van der Waals surface area contributed by atoms with Gasteiger partial charge in [0.1, 0.15) is 4.88 Å². The lowest BCUT2D eigenvalue weighted by Gasteiger charge is -2.06. The molecule has 7 heteroatoms. The van der Waals surface area contributed by atoms with Gasteiger partial charge in [-0.2, -0.15) is 13.2 Å². The van der Waals surface area contributed by atoms with Crippen LogP contribution in [0.25, 0.3) is 0 Å². The number of carbonyl (C=O) groups excluding carboxylic acids is 1. The first kappa shape index (κ1) is 10.4. The second-order valence-corrected chi connectivity index (χ2v) is 4.13. The SMILES string of the molecule is O=C(NC1CC1)c1scnc1C(F)(F)F. The number of hydrogen-bond donors (Lipinski definition) is 1. The molecule has 1 saturated carbocycles. The molecule has 1 fully saturated rings. The van der Waals surface area contributed by atoms with Gasteiger partial charge in [0.15, 0.2) is 5.69 Å². The average molecular weight is 236 g/mol. The molecule has 0 unspecified atom stereocenters. The summed E-state index contributed by atoms with van der Waals surface area (Å²) in [4.78, 5) is 14.2. The number of aromatic nitrogens is 1. The van der Waals surface area contributed by atoms with Crippen molar-refractivity contribution in [2.24, 2.45) is 0 Å². The fraction of sp³-hybridized carbons (Fsp3) is 0.500. The summed E-state index contributed by atoms with van der Waals surface area (Å²) in [5.74, 6) is -0.674. The summed E-state index contributed by atoms with van der Waals surface area (Å²) in [6.07, 6.45) is -2.88. The van der Waals surface area contributed by atoms with Crippen molar-refractivity contribution >= 4 is 17.2 Å². The van der Waals surface area contributed by atoms with Gasteiger partial charge in [-0.15, -0.1) is 11.3 Å². The van der Waals surface area contributed by atoms with E-state index in [1.54, 1.807) is 0 Å². The zero-order valence-corrected chi connectivity index (χ0v) is 8.28. The van der Waals surface area contributed by atoms with Crippen molar-refractivity contribution < 1.29 is 18.0 Å². The highest BCUT2D eigenvalue weighted by atomic mass is 32.1. The molecule has 1 aromatic heterocycles. The third kappa shape index (κ3) is 2.28. The lowest BCUT2D eigenvalue weighted by Crippen LogP contribution is -2.26. The fourth-order valence-corrected chi connectivity index (χ4v) is 1.80. The Morgan fingerprint density at radius 3 is 2.73 bits per heavy atom. The number of halogens is 3. The molecular formula is C8H7F3N2OS. The maximum Gasteiger partial charge on any atom is 0.434 e. The highest BCUT2D eigenvalue weighted by Crippen LogP contribution is 2.33. The molecule has 1 amide bonds. The first-order valence-electron chi connectivity index (χ1n) is 4.30. The molecule has 0 spiro atoms. The summed E-state index contributed by atoms with van der Waals surface area (Å²) in [6.45, 7) is 0. The van der Waals surface area contributed by atoms with Crippen LogP contribution in [0.15, 0.2) is 5.51 Å². The van der Waals surface area contributed by atoms with E-state index in [1.165, 1.54) is 0 Å². The van der Waals surface area contributed by atoms with Gasteiger partial charge in [0.25, 0.3) is 5.91 Å². The summed E-state index contributed by atoms with van der Waals surface area (Å²) >= 11 is 0.711. The Kier molecular flexibility index (Phi) is 2.41. The number of rotatable bonds is 2. The van der Waals surface area contributed by atoms with E-state index >= 15 is 0 Å². The van der Waals surface area contributed by atoms with Crippen molar-refractivity contribution in [2.45, 2.75) is 25.1 Å². The number of carbonyl (C=O) groups is 1. The minimum absolute atomic E-state index is 0.0423. The largest absolute Gasteiger partial charge is 0.434 e. The van der Waals surface area contributed by atoms with Crippen LogP contribution in [0.4, 0.5) is 13.2 Å². The number of nitrogens with zero attached hydrogens (tertiary/aromatic N) is 1. The van der Waals surface area contributed by atoms with Crippen molar-refractivity contribution in [2.75, 3.05) is 0 Å². The van der Waals surface area contributed by atoms with Crippen LogP contribution in [0, 0.1) is 0 Å². The molecule has 1 aliphatic rings. The summed E-state index contributed by atoms with van der Waals surface area (Å²) < 4.78 is 37.1. The summed E-state index contributed by atoms with van der Waals surface area (Å²) in [5.41, 5.74) is -0.0596. The van der Waals surface area contributed by atoms with Crippen LogP contribution in [0.5, 0.6) is 0 Å². The van der Waals surface area contributed by atoms with Gasteiger partial charge in [-0.05, 0) is 12.8 Å². The highest BCUT2D eigenvalue weighted by molar-refractivity contribution is 7.11. The number of nitrogens with one attached hydrogen (secondary N) is 1. The van der Waals surface area contributed by atoms with Crippen LogP contribution in [0.3, 0.4) is 0 Å². The maximum absolute atomic E-state index is 12.4. The fourth-order valence-electron chi connectivity index (χ4n) is 1.09. The summed E-state index contributed by atoms with van der Waals surface area (Å²) in [7, 11) is 0. The molecule has 1 aromatic rings. The van der Waals surface area contributed by atoms with Gasteiger partial charge in [-0.1, -0.05) is 0 Å². The van der Waals surface area contributed by atoms with E-state index in [2.05, 4.69) is 10.3 Å². The second-order valence-electron chi connectivity index (χ2n) is 3.28. The Balaban J connectivity index is 2.19. The topological polar surface area (TPSA) is 42.0 Å². The van der Waals surface area contributed by atoms with Crippen molar-refractivity contribution in [3.63, 3.8) is 0 Å². The standard InChI is InChI=1S/C8H7F3N2OS/c9-8(10,11)6-5(15-3-12-6)7(14)13-4-1-2-4/h3-4H,1-2H2,(H,13,14). The predicted molar refractivity (Wildman–Crippen MR) is 47.6 cm³/mol. The Labute approximate surface area is 87.3 Å². The Hall–Kier alpha value is -1.11. The second kappa shape index (κ2) is 3.48. The molecule has 0 aromatic carbocycles. The molecule has 1 heterocycles. The quantitative estimate of drug-likeness (QED) is 0.853. The van der Waals surface area contributed by atoms with E-state index in [1.807, 2.05) is 0 Å². The van der Waals surface area contributed by atoms with Gasteiger partial charge >= 0.3 is 6.18 Å². The minimum Gasteiger partial charge on any atom is -0.349 e.